The lowest BCUT2D eigenvalue weighted by atomic mass is 10.0. The predicted octanol–water partition coefficient (Wildman–Crippen LogP) is 1.15. The van der Waals surface area contributed by atoms with E-state index < -0.39 is 16.1 Å². The minimum absolute atomic E-state index is 0.107. The topological polar surface area (TPSA) is 75.7 Å². The summed E-state index contributed by atoms with van der Waals surface area (Å²) in [6, 6.07) is 4.30. The quantitative estimate of drug-likeness (QED) is 0.900. The van der Waals surface area contributed by atoms with E-state index in [4.69, 9.17) is 4.74 Å². The maximum atomic E-state index is 13.0. The van der Waals surface area contributed by atoms with Crippen LogP contribution in [0.5, 0.6) is 5.75 Å². The van der Waals surface area contributed by atoms with E-state index in [1.807, 2.05) is 20.8 Å². The highest BCUT2D eigenvalue weighted by Gasteiger charge is 2.41. The summed E-state index contributed by atoms with van der Waals surface area (Å²) in [6.07, 6.45) is 0. The molecule has 1 heterocycles. The fraction of sp³-hybridized carbons (Fsp3) is 0.533. The van der Waals surface area contributed by atoms with E-state index >= 15 is 0 Å². The molecule has 1 aliphatic heterocycles. The summed E-state index contributed by atoms with van der Waals surface area (Å²) in [5, 5.41) is 2.73. The fourth-order valence-corrected chi connectivity index (χ4v) is 4.64. The number of nitrogens with zero attached hydrogens (tertiary/aromatic N) is 1. The van der Waals surface area contributed by atoms with Crippen LogP contribution in [0.2, 0.25) is 0 Å². The molecule has 1 aromatic carbocycles. The Morgan fingerprint density at radius 2 is 2.05 bits per heavy atom. The Morgan fingerprint density at radius 3 is 2.64 bits per heavy atom. The number of hydrogen-bond donors (Lipinski definition) is 1. The van der Waals surface area contributed by atoms with Crippen LogP contribution in [0.4, 0.5) is 0 Å². The Hall–Kier alpha value is -1.60. The molecule has 0 radical (unpaired) electrons. The fourth-order valence-electron chi connectivity index (χ4n) is 2.68. The number of piperazine rings is 1. The number of aryl methyl sites for hydroxylation is 1. The van der Waals surface area contributed by atoms with Gasteiger partial charge in [-0.15, -0.1) is 0 Å². The summed E-state index contributed by atoms with van der Waals surface area (Å²) in [4.78, 5) is 12.2. The van der Waals surface area contributed by atoms with Gasteiger partial charge in [0.05, 0.1) is 7.11 Å². The molecule has 122 valence electrons. The molecule has 1 fully saturated rings. The van der Waals surface area contributed by atoms with Gasteiger partial charge in [-0.05, 0) is 30.5 Å². The highest BCUT2D eigenvalue weighted by Crippen LogP contribution is 2.30. The first kappa shape index (κ1) is 16.8. The average Bonchev–Trinajstić information content (AvgIpc) is 2.46. The highest BCUT2D eigenvalue weighted by atomic mass is 32.2. The monoisotopic (exact) mass is 326 g/mol. The Morgan fingerprint density at radius 1 is 1.36 bits per heavy atom. The summed E-state index contributed by atoms with van der Waals surface area (Å²) in [5.74, 6) is -0.0820. The number of rotatable bonds is 4. The van der Waals surface area contributed by atoms with Crippen LogP contribution < -0.4 is 10.1 Å². The van der Waals surface area contributed by atoms with Crippen molar-refractivity contribution >= 4 is 15.9 Å². The number of carbonyl (C=O) groups excluding carboxylic acids is 1. The summed E-state index contributed by atoms with van der Waals surface area (Å²) in [5.41, 5.74) is 0.821. The molecule has 0 spiro atoms. The molecule has 0 aromatic heterocycles. The third-order valence-electron chi connectivity index (χ3n) is 3.75. The van der Waals surface area contributed by atoms with Crippen LogP contribution in [0.15, 0.2) is 23.1 Å². The molecule has 1 saturated heterocycles. The molecule has 0 aliphatic carbocycles. The lowest BCUT2D eigenvalue weighted by Gasteiger charge is -2.36. The summed E-state index contributed by atoms with van der Waals surface area (Å²) < 4.78 is 32.6. The van der Waals surface area contributed by atoms with Crippen molar-refractivity contribution in [3.05, 3.63) is 23.8 Å². The smallest absolute Gasteiger partial charge is 0.247 e. The molecule has 22 heavy (non-hydrogen) atoms. The Bertz CT molecular complexity index is 670. The van der Waals surface area contributed by atoms with E-state index in [2.05, 4.69) is 5.32 Å². The van der Waals surface area contributed by atoms with E-state index in [1.165, 1.54) is 11.4 Å². The molecular formula is C15H22N2O4S. The van der Waals surface area contributed by atoms with E-state index in [0.29, 0.717) is 12.3 Å². The standard InChI is InChI=1S/C15H22N2O4S/c1-10(2)14-15(18)16-7-8-17(14)22(19,20)13-9-11(3)5-6-12(13)21-4/h5-6,9-10,14H,7-8H2,1-4H3,(H,16,18). The lowest BCUT2D eigenvalue weighted by molar-refractivity contribution is -0.128. The number of amides is 1. The molecular weight excluding hydrogens is 304 g/mol. The minimum atomic E-state index is -3.81. The van der Waals surface area contributed by atoms with Crippen LogP contribution >= 0.6 is 0 Å². The van der Waals surface area contributed by atoms with Crippen molar-refractivity contribution in [2.45, 2.75) is 31.7 Å². The first-order valence-electron chi connectivity index (χ1n) is 7.23. The van der Waals surface area contributed by atoms with Crippen molar-refractivity contribution in [1.29, 1.82) is 0 Å². The normalized spacial score (nSPS) is 20.0. The van der Waals surface area contributed by atoms with Gasteiger partial charge in [-0.3, -0.25) is 4.79 Å². The summed E-state index contributed by atoms with van der Waals surface area (Å²) in [7, 11) is -2.37. The van der Waals surface area contributed by atoms with Crippen molar-refractivity contribution in [3.63, 3.8) is 0 Å². The Labute approximate surface area is 131 Å². The van der Waals surface area contributed by atoms with Crippen LogP contribution in [0.3, 0.4) is 0 Å². The van der Waals surface area contributed by atoms with E-state index in [9.17, 15) is 13.2 Å². The van der Waals surface area contributed by atoms with Gasteiger partial charge in [0.15, 0.2) is 0 Å². The number of nitrogens with one attached hydrogen (secondary N) is 1. The number of sulfonamides is 1. The Balaban J connectivity index is 2.53. The van der Waals surface area contributed by atoms with Crippen molar-refractivity contribution in [2.75, 3.05) is 20.2 Å². The molecule has 1 aliphatic rings. The largest absolute Gasteiger partial charge is 0.495 e. The van der Waals surface area contributed by atoms with Crippen LogP contribution in [0, 0.1) is 12.8 Å². The van der Waals surface area contributed by atoms with Crippen molar-refractivity contribution in [1.82, 2.24) is 9.62 Å². The first-order chi connectivity index (χ1) is 10.3. The molecule has 0 saturated carbocycles. The van der Waals surface area contributed by atoms with Crippen molar-refractivity contribution in [2.24, 2.45) is 5.92 Å². The van der Waals surface area contributed by atoms with Crippen LogP contribution in [-0.4, -0.2) is 44.9 Å². The second-order valence-electron chi connectivity index (χ2n) is 5.75. The summed E-state index contributed by atoms with van der Waals surface area (Å²) in [6.45, 7) is 6.07. The second-order valence-corrected chi connectivity index (χ2v) is 7.61. The maximum Gasteiger partial charge on any atom is 0.247 e. The Kier molecular flexibility index (Phi) is 4.77. The molecule has 1 N–H and O–H groups in total. The van der Waals surface area contributed by atoms with Gasteiger partial charge >= 0.3 is 0 Å². The van der Waals surface area contributed by atoms with Gasteiger partial charge in [0.2, 0.25) is 15.9 Å². The molecule has 2 rings (SSSR count). The van der Waals surface area contributed by atoms with Gasteiger partial charge in [0.25, 0.3) is 0 Å². The number of ether oxygens (including phenoxy) is 1. The molecule has 7 heteroatoms. The van der Waals surface area contributed by atoms with Crippen molar-refractivity contribution in [3.8, 4) is 5.75 Å². The molecule has 1 aromatic rings. The van der Waals surface area contributed by atoms with Gasteiger partial charge in [0, 0.05) is 13.1 Å². The lowest BCUT2D eigenvalue weighted by Crippen LogP contribution is -2.59. The number of carbonyl (C=O) groups is 1. The average molecular weight is 326 g/mol. The van der Waals surface area contributed by atoms with Gasteiger partial charge < -0.3 is 10.1 Å². The van der Waals surface area contributed by atoms with E-state index in [0.717, 1.165) is 5.56 Å². The number of methoxy groups -OCH3 is 1. The number of benzene rings is 1. The number of hydrogen-bond acceptors (Lipinski definition) is 4. The SMILES string of the molecule is COc1ccc(C)cc1S(=O)(=O)N1CCNC(=O)C1C(C)C. The van der Waals surface area contributed by atoms with Crippen molar-refractivity contribution < 1.29 is 17.9 Å². The van der Waals surface area contributed by atoms with Crippen LogP contribution in [0.1, 0.15) is 19.4 Å². The molecule has 0 bridgehead atoms. The molecule has 1 atom stereocenters. The van der Waals surface area contributed by atoms with E-state index in [-0.39, 0.29) is 23.3 Å². The van der Waals surface area contributed by atoms with Crippen LogP contribution in [-0.2, 0) is 14.8 Å². The zero-order valence-corrected chi connectivity index (χ0v) is 14.1. The molecule has 1 amide bonds. The molecule has 1 unspecified atom stereocenters. The molecule has 6 nitrogen and oxygen atoms in total. The van der Waals surface area contributed by atoms with Gasteiger partial charge in [0.1, 0.15) is 16.7 Å². The first-order valence-corrected chi connectivity index (χ1v) is 8.67. The van der Waals surface area contributed by atoms with Crippen LogP contribution in [0.25, 0.3) is 0 Å². The van der Waals surface area contributed by atoms with Gasteiger partial charge in [-0.1, -0.05) is 19.9 Å². The summed E-state index contributed by atoms with van der Waals surface area (Å²) >= 11 is 0. The zero-order valence-electron chi connectivity index (χ0n) is 13.3. The highest BCUT2D eigenvalue weighted by molar-refractivity contribution is 7.89. The minimum Gasteiger partial charge on any atom is -0.495 e. The third kappa shape index (κ3) is 2.96. The van der Waals surface area contributed by atoms with E-state index in [1.54, 1.807) is 18.2 Å². The van der Waals surface area contributed by atoms with Gasteiger partial charge in [-0.25, -0.2) is 8.42 Å². The van der Waals surface area contributed by atoms with Gasteiger partial charge in [-0.2, -0.15) is 4.31 Å². The third-order valence-corrected chi connectivity index (χ3v) is 5.65. The predicted molar refractivity (Wildman–Crippen MR) is 83.3 cm³/mol. The maximum absolute atomic E-state index is 13.0. The zero-order chi connectivity index (χ0) is 16.5. The second kappa shape index (κ2) is 6.26.